The number of nitrogen functional groups attached to an aromatic ring is 1. The second kappa shape index (κ2) is 10.9. The van der Waals surface area contributed by atoms with Gasteiger partial charge in [0.25, 0.3) is 11.8 Å². The Kier molecular flexibility index (Phi) is 7.58. The highest BCUT2D eigenvalue weighted by Crippen LogP contribution is 2.50. The monoisotopic (exact) mass is 599 g/mol. The van der Waals surface area contributed by atoms with Gasteiger partial charge in [0.05, 0.1) is 25.7 Å². The molecular weight excluding hydrogens is 571 g/mol. The number of nitrogens with two attached hydrogens (primary N) is 1. The second-order valence-electron chi connectivity index (χ2n) is 10.5. The van der Waals surface area contributed by atoms with Gasteiger partial charge < -0.3 is 26.4 Å². The number of nitrogens with one attached hydrogen (secondary N) is 3. The predicted molar refractivity (Wildman–Crippen MR) is 150 cm³/mol. The zero-order valence-corrected chi connectivity index (χ0v) is 23.2. The fraction of sp³-hybridized carbons (Fsp3) is 0.310. The molecule has 9 nitrogen and oxygen atoms in total. The Labute approximate surface area is 243 Å². The van der Waals surface area contributed by atoms with Crippen LogP contribution in [0.4, 0.5) is 13.2 Å². The minimum absolute atomic E-state index is 0.0506. The second-order valence-corrected chi connectivity index (χ2v) is 11.4. The fourth-order valence-corrected chi connectivity index (χ4v) is 6.24. The van der Waals surface area contributed by atoms with E-state index >= 15 is 4.39 Å². The van der Waals surface area contributed by atoms with Crippen molar-refractivity contribution in [2.24, 2.45) is 5.73 Å². The van der Waals surface area contributed by atoms with E-state index in [0.717, 1.165) is 4.90 Å². The van der Waals surface area contributed by atoms with Crippen molar-refractivity contribution >= 4 is 34.9 Å². The summed E-state index contributed by atoms with van der Waals surface area (Å²) in [4.78, 5) is 40.8. The number of rotatable bonds is 8. The lowest BCUT2D eigenvalue weighted by atomic mass is 10.0. The molecule has 0 saturated carbocycles. The summed E-state index contributed by atoms with van der Waals surface area (Å²) in [6.07, 6.45) is -0.441. The molecule has 6 N–H and O–H groups in total. The first-order valence-electron chi connectivity index (χ1n) is 13.1. The number of carbonyl (C=O) groups excluding carboxylic acids is 3. The van der Waals surface area contributed by atoms with Crippen molar-refractivity contribution in [3.05, 3.63) is 81.0 Å². The van der Waals surface area contributed by atoms with Crippen LogP contribution in [-0.4, -0.2) is 65.0 Å². The van der Waals surface area contributed by atoms with Crippen molar-refractivity contribution in [3.8, 4) is 11.1 Å². The van der Waals surface area contributed by atoms with Gasteiger partial charge in [-0.05, 0) is 36.2 Å². The summed E-state index contributed by atoms with van der Waals surface area (Å²) in [5, 5.41) is 24.0. The Balaban J connectivity index is 1.27. The topological polar surface area (TPSA) is 149 Å². The number of hydrogen-bond donors (Lipinski definition) is 5. The number of alkyl halides is 3. The number of nitrogens with zero attached hydrogens (tertiary/aromatic N) is 1. The molecule has 2 aliphatic rings. The van der Waals surface area contributed by atoms with Gasteiger partial charge in [-0.15, -0.1) is 11.3 Å². The quantitative estimate of drug-likeness (QED) is 0.199. The van der Waals surface area contributed by atoms with Crippen LogP contribution < -0.4 is 16.4 Å². The Morgan fingerprint density at radius 1 is 1.12 bits per heavy atom. The molecule has 1 aromatic heterocycles. The molecular formula is C29H28F3N5O4S. The third kappa shape index (κ3) is 5.25. The van der Waals surface area contributed by atoms with E-state index < -0.39 is 67.5 Å². The maximum atomic E-state index is 15.2. The molecule has 0 spiro atoms. The largest absolute Gasteiger partial charge is 0.393 e. The van der Waals surface area contributed by atoms with E-state index in [1.807, 2.05) is 0 Å². The van der Waals surface area contributed by atoms with Crippen LogP contribution >= 0.6 is 11.3 Å². The number of thiophene rings is 1. The number of aliphatic hydroxyl groups excluding tert-OH is 1. The van der Waals surface area contributed by atoms with Gasteiger partial charge >= 0.3 is 0 Å². The van der Waals surface area contributed by atoms with E-state index in [-0.39, 0.29) is 28.1 Å². The molecule has 42 heavy (non-hydrogen) atoms. The van der Waals surface area contributed by atoms with Gasteiger partial charge in [0.1, 0.15) is 11.9 Å². The summed E-state index contributed by atoms with van der Waals surface area (Å²) in [6.45, 7) is -0.357. The first-order valence-corrected chi connectivity index (χ1v) is 14.0. The molecule has 13 heteroatoms. The summed E-state index contributed by atoms with van der Waals surface area (Å²) in [5.74, 6) is -5.44. The van der Waals surface area contributed by atoms with Gasteiger partial charge in [0, 0.05) is 38.9 Å². The lowest BCUT2D eigenvalue weighted by Gasteiger charge is -2.25. The third-order valence-electron chi connectivity index (χ3n) is 7.59. The number of hydrogen-bond acceptors (Lipinski definition) is 6. The van der Waals surface area contributed by atoms with Crippen LogP contribution in [0.1, 0.15) is 51.3 Å². The first kappa shape index (κ1) is 29.3. The molecule has 0 bridgehead atoms. The van der Waals surface area contributed by atoms with Gasteiger partial charge in [0.15, 0.2) is 5.67 Å². The first-order chi connectivity index (χ1) is 19.8. The molecule has 5 rings (SSSR count). The number of benzene rings is 2. The fourth-order valence-electron chi connectivity index (χ4n) is 5.33. The van der Waals surface area contributed by atoms with Crippen molar-refractivity contribution in [2.75, 3.05) is 19.7 Å². The molecule has 3 amide bonds. The van der Waals surface area contributed by atoms with Gasteiger partial charge in [-0.3, -0.25) is 19.8 Å². The van der Waals surface area contributed by atoms with Gasteiger partial charge in [-0.25, -0.2) is 4.39 Å². The summed E-state index contributed by atoms with van der Waals surface area (Å²) >= 11 is 1.28. The van der Waals surface area contributed by atoms with Crippen molar-refractivity contribution in [1.82, 2.24) is 15.5 Å². The van der Waals surface area contributed by atoms with Gasteiger partial charge in [-0.1, -0.05) is 30.3 Å². The van der Waals surface area contributed by atoms with Crippen LogP contribution in [0.25, 0.3) is 11.1 Å². The van der Waals surface area contributed by atoms with E-state index in [1.165, 1.54) is 41.7 Å². The minimum Gasteiger partial charge on any atom is -0.393 e. The molecule has 1 saturated heterocycles. The van der Waals surface area contributed by atoms with Crippen molar-refractivity contribution in [2.45, 2.75) is 37.0 Å². The number of carbonyl (C=O) groups is 3. The average Bonchev–Trinajstić information content (AvgIpc) is 3.66. The van der Waals surface area contributed by atoms with Gasteiger partial charge in [-0.2, -0.15) is 8.78 Å². The summed E-state index contributed by atoms with van der Waals surface area (Å²) in [6, 6.07) is 9.64. The lowest BCUT2D eigenvalue weighted by molar-refractivity contribution is -0.138. The molecule has 1 aliphatic carbocycles. The minimum atomic E-state index is -3.20. The van der Waals surface area contributed by atoms with E-state index in [1.54, 1.807) is 30.5 Å². The molecule has 0 unspecified atom stereocenters. The highest BCUT2D eigenvalue weighted by molar-refractivity contribution is 7.10. The van der Waals surface area contributed by atoms with Crippen LogP contribution in [0.15, 0.2) is 53.9 Å². The van der Waals surface area contributed by atoms with Crippen molar-refractivity contribution in [1.29, 1.82) is 5.41 Å². The number of fused-ring (bicyclic) bond motifs is 3. The molecule has 2 aromatic carbocycles. The average molecular weight is 600 g/mol. The van der Waals surface area contributed by atoms with Crippen LogP contribution in [0, 0.1) is 5.41 Å². The highest BCUT2D eigenvalue weighted by Gasteiger charge is 2.49. The number of aliphatic hydroxyl groups is 1. The number of likely N-dealkylation sites (tertiary alicyclic amines) is 1. The molecule has 1 fully saturated rings. The van der Waals surface area contributed by atoms with Crippen molar-refractivity contribution in [3.63, 3.8) is 0 Å². The highest BCUT2D eigenvalue weighted by atomic mass is 32.1. The number of halogens is 3. The van der Waals surface area contributed by atoms with Crippen LogP contribution in [0.2, 0.25) is 0 Å². The number of amidine groups is 1. The molecule has 3 aromatic rings. The smallest absolute Gasteiger partial charge is 0.299 e. The van der Waals surface area contributed by atoms with E-state index in [9.17, 15) is 28.3 Å². The Bertz CT molecular complexity index is 1590. The van der Waals surface area contributed by atoms with Crippen LogP contribution in [0.5, 0.6) is 0 Å². The molecule has 220 valence electrons. The lowest BCUT2D eigenvalue weighted by Crippen LogP contribution is -2.49. The Hall–Kier alpha value is -4.23. The van der Waals surface area contributed by atoms with E-state index in [0.29, 0.717) is 16.0 Å². The predicted octanol–water partition coefficient (Wildman–Crippen LogP) is 3.06. The van der Waals surface area contributed by atoms with Gasteiger partial charge in [0.2, 0.25) is 11.8 Å². The zero-order valence-electron chi connectivity index (χ0n) is 22.4. The van der Waals surface area contributed by atoms with Crippen LogP contribution in [0.3, 0.4) is 0 Å². The zero-order chi connectivity index (χ0) is 30.4. The summed E-state index contributed by atoms with van der Waals surface area (Å²) in [7, 11) is 0. The van der Waals surface area contributed by atoms with E-state index in [4.69, 9.17) is 11.1 Å². The number of amides is 3. The van der Waals surface area contributed by atoms with Crippen LogP contribution in [-0.2, 0) is 15.5 Å². The maximum Gasteiger partial charge on any atom is 0.299 e. The Morgan fingerprint density at radius 3 is 2.52 bits per heavy atom. The molecule has 3 atom stereocenters. The maximum absolute atomic E-state index is 15.2. The van der Waals surface area contributed by atoms with E-state index in [2.05, 4.69) is 10.6 Å². The summed E-state index contributed by atoms with van der Waals surface area (Å²) < 4.78 is 44.9. The SMILES string of the molecule is C[C@@H](NC(=O)[C@@H]1C[C@](F)(CO)CN1C(=O)CNC(=O)c1ccc2c(c1)-c1ccccc1C2(F)F)c1cc(C(=N)N)cs1. The molecule has 0 radical (unpaired) electrons. The standard InChI is InChI=1S/C29H28F3N5O4S/c1-15(23-9-17(12-42-23)25(33)34)36-27(41)22-10-28(30,14-38)13-37(22)24(39)11-35-26(40)16-6-7-21-19(8-16)18-4-2-3-5-20(18)29(21,31)32/h2-9,12,15,22,38H,10-11,13-14H2,1H3,(H3,33,34)(H,35,40)(H,36,41)/t15-,22+,28-/m1/s1. The Morgan fingerprint density at radius 2 is 1.83 bits per heavy atom. The molecule has 1 aliphatic heterocycles. The summed E-state index contributed by atoms with van der Waals surface area (Å²) in [5.41, 5.74) is 3.98. The third-order valence-corrected chi connectivity index (χ3v) is 8.70. The van der Waals surface area contributed by atoms with Crippen molar-refractivity contribution < 1.29 is 32.7 Å². The molecule has 2 heterocycles. The normalized spacial score (nSPS) is 20.9.